The van der Waals surface area contributed by atoms with E-state index in [0.29, 0.717) is 28.9 Å². The quantitative estimate of drug-likeness (QED) is 0.872. The first-order valence-corrected chi connectivity index (χ1v) is 5.44. The number of benzene rings is 1. The molecular formula is C10H13Cl3N2O2. The molecule has 1 aromatic rings. The van der Waals surface area contributed by atoms with Crippen molar-refractivity contribution >= 4 is 41.5 Å². The molecule has 96 valence electrons. The third kappa shape index (κ3) is 5.46. The number of hydrogen-bond donors (Lipinski definition) is 2. The maximum absolute atomic E-state index is 11.2. The predicted molar refractivity (Wildman–Crippen MR) is 71.3 cm³/mol. The fourth-order valence-corrected chi connectivity index (χ4v) is 1.53. The summed E-state index contributed by atoms with van der Waals surface area (Å²) in [6.07, 6.45) is 0. The van der Waals surface area contributed by atoms with Gasteiger partial charge in [0.2, 0.25) is 0 Å². The zero-order chi connectivity index (χ0) is 12.0. The van der Waals surface area contributed by atoms with E-state index in [1.165, 1.54) is 0 Å². The Morgan fingerprint density at radius 2 is 1.94 bits per heavy atom. The zero-order valence-electron chi connectivity index (χ0n) is 8.91. The Hall–Kier alpha value is -0.680. The molecule has 0 heterocycles. The number of rotatable bonds is 5. The fraction of sp³-hybridized carbons (Fsp3) is 0.300. The number of nitrogens with one attached hydrogen (secondary N) is 1. The van der Waals surface area contributed by atoms with Crippen LogP contribution in [-0.4, -0.2) is 25.6 Å². The van der Waals surface area contributed by atoms with Gasteiger partial charge in [-0.2, -0.15) is 0 Å². The Labute approximate surface area is 116 Å². The topological polar surface area (TPSA) is 64.3 Å². The second-order valence-corrected chi connectivity index (χ2v) is 3.79. The minimum atomic E-state index is -0.263. The SMILES string of the molecule is Cl.NCCNC(=O)COc1c(Cl)cccc1Cl. The van der Waals surface area contributed by atoms with Crippen LogP contribution in [0.3, 0.4) is 0 Å². The van der Waals surface area contributed by atoms with Crippen LogP contribution in [0, 0.1) is 0 Å². The van der Waals surface area contributed by atoms with Crippen molar-refractivity contribution in [2.75, 3.05) is 19.7 Å². The Kier molecular flexibility index (Phi) is 8.08. The molecule has 0 saturated heterocycles. The van der Waals surface area contributed by atoms with E-state index in [1.807, 2.05) is 0 Å². The highest BCUT2D eigenvalue weighted by Crippen LogP contribution is 2.32. The molecule has 0 saturated carbocycles. The zero-order valence-corrected chi connectivity index (χ0v) is 11.2. The van der Waals surface area contributed by atoms with Gasteiger partial charge in [0.1, 0.15) is 0 Å². The van der Waals surface area contributed by atoms with E-state index in [9.17, 15) is 4.79 Å². The average Bonchev–Trinajstić information content (AvgIpc) is 2.25. The minimum absolute atomic E-state index is 0. The third-order valence-corrected chi connectivity index (χ3v) is 2.33. The first kappa shape index (κ1) is 16.3. The minimum Gasteiger partial charge on any atom is -0.481 e. The highest BCUT2D eigenvalue weighted by molar-refractivity contribution is 6.37. The monoisotopic (exact) mass is 298 g/mol. The number of halogens is 3. The van der Waals surface area contributed by atoms with Gasteiger partial charge in [-0.1, -0.05) is 29.3 Å². The highest BCUT2D eigenvalue weighted by atomic mass is 35.5. The molecule has 1 aromatic carbocycles. The summed E-state index contributed by atoms with van der Waals surface area (Å²) in [4.78, 5) is 11.2. The molecule has 3 N–H and O–H groups in total. The van der Waals surface area contributed by atoms with Crippen LogP contribution in [0.2, 0.25) is 10.0 Å². The van der Waals surface area contributed by atoms with Gasteiger partial charge in [0.15, 0.2) is 12.4 Å². The molecule has 0 aromatic heterocycles. The molecule has 0 atom stereocenters. The number of hydrogen-bond acceptors (Lipinski definition) is 3. The molecule has 0 aliphatic carbocycles. The van der Waals surface area contributed by atoms with Gasteiger partial charge >= 0.3 is 0 Å². The third-order valence-electron chi connectivity index (χ3n) is 1.73. The molecule has 0 aliphatic rings. The lowest BCUT2D eigenvalue weighted by molar-refractivity contribution is -0.123. The molecule has 7 heteroatoms. The summed E-state index contributed by atoms with van der Waals surface area (Å²) in [6, 6.07) is 4.98. The largest absolute Gasteiger partial charge is 0.481 e. The lowest BCUT2D eigenvalue weighted by atomic mass is 10.3. The van der Waals surface area contributed by atoms with Crippen LogP contribution < -0.4 is 15.8 Å². The van der Waals surface area contributed by atoms with Crippen LogP contribution in [0.15, 0.2) is 18.2 Å². The van der Waals surface area contributed by atoms with Crippen molar-refractivity contribution in [1.82, 2.24) is 5.32 Å². The van der Waals surface area contributed by atoms with E-state index in [1.54, 1.807) is 18.2 Å². The average molecular weight is 300 g/mol. The molecule has 1 rings (SSSR count). The molecule has 0 unspecified atom stereocenters. The second kappa shape index (κ2) is 8.42. The second-order valence-electron chi connectivity index (χ2n) is 2.98. The number of nitrogens with two attached hydrogens (primary N) is 1. The molecule has 0 aliphatic heterocycles. The Bertz CT molecular complexity index is 354. The summed E-state index contributed by atoms with van der Waals surface area (Å²) in [5, 5.41) is 3.31. The van der Waals surface area contributed by atoms with Crippen molar-refractivity contribution in [1.29, 1.82) is 0 Å². The Morgan fingerprint density at radius 1 is 1.35 bits per heavy atom. The summed E-state index contributed by atoms with van der Waals surface area (Å²) >= 11 is 11.7. The van der Waals surface area contributed by atoms with Crippen LogP contribution in [0.25, 0.3) is 0 Å². The van der Waals surface area contributed by atoms with Gasteiger partial charge in [-0.3, -0.25) is 4.79 Å². The lowest BCUT2D eigenvalue weighted by Gasteiger charge is -2.09. The van der Waals surface area contributed by atoms with Crippen LogP contribution in [0.4, 0.5) is 0 Å². The predicted octanol–water partition coefficient (Wildman–Crippen LogP) is 1.87. The van der Waals surface area contributed by atoms with E-state index < -0.39 is 0 Å². The molecular weight excluding hydrogens is 286 g/mol. The Balaban J connectivity index is 0.00000256. The summed E-state index contributed by atoms with van der Waals surface area (Å²) in [7, 11) is 0. The maximum Gasteiger partial charge on any atom is 0.257 e. The van der Waals surface area contributed by atoms with Crippen LogP contribution in [-0.2, 0) is 4.79 Å². The van der Waals surface area contributed by atoms with Crippen molar-refractivity contribution in [3.63, 3.8) is 0 Å². The smallest absolute Gasteiger partial charge is 0.257 e. The summed E-state index contributed by atoms with van der Waals surface area (Å²) in [6.45, 7) is 0.667. The maximum atomic E-state index is 11.2. The van der Waals surface area contributed by atoms with Gasteiger partial charge < -0.3 is 15.8 Å². The molecule has 4 nitrogen and oxygen atoms in total. The molecule has 17 heavy (non-hydrogen) atoms. The van der Waals surface area contributed by atoms with E-state index in [-0.39, 0.29) is 24.9 Å². The van der Waals surface area contributed by atoms with Crippen LogP contribution in [0.1, 0.15) is 0 Å². The van der Waals surface area contributed by atoms with Crippen LogP contribution in [0.5, 0.6) is 5.75 Å². The first-order valence-electron chi connectivity index (χ1n) is 4.68. The summed E-state index contributed by atoms with van der Waals surface area (Å²) in [5.41, 5.74) is 5.23. The summed E-state index contributed by atoms with van der Waals surface area (Å²) < 4.78 is 5.21. The van der Waals surface area contributed by atoms with Crippen molar-refractivity contribution < 1.29 is 9.53 Å². The highest BCUT2D eigenvalue weighted by Gasteiger charge is 2.08. The normalized spacial score (nSPS) is 9.35. The lowest BCUT2D eigenvalue weighted by Crippen LogP contribution is -2.32. The summed E-state index contributed by atoms with van der Waals surface area (Å²) in [5.74, 6) is 0.0511. The van der Waals surface area contributed by atoms with E-state index in [0.717, 1.165) is 0 Å². The molecule has 1 amide bonds. The van der Waals surface area contributed by atoms with Crippen molar-refractivity contribution in [2.45, 2.75) is 0 Å². The fourth-order valence-electron chi connectivity index (χ4n) is 1.02. The first-order chi connectivity index (χ1) is 7.65. The number of amides is 1. The standard InChI is InChI=1S/C10H12Cl2N2O2.ClH/c11-7-2-1-3-8(12)10(7)16-6-9(15)14-5-4-13;/h1-3H,4-6,13H2,(H,14,15);1H. The molecule has 0 bridgehead atoms. The number of ether oxygens (including phenoxy) is 1. The van der Waals surface area contributed by atoms with Gasteiger partial charge in [-0.25, -0.2) is 0 Å². The Morgan fingerprint density at radius 3 is 2.47 bits per heavy atom. The van der Waals surface area contributed by atoms with Crippen molar-refractivity contribution in [3.8, 4) is 5.75 Å². The number of carbonyl (C=O) groups is 1. The molecule has 0 fully saturated rings. The van der Waals surface area contributed by atoms with Gasteiger partial charge in [-0.15, -0.1) is 12.4 Å². The van der Waals surface area contributed by atoms with Gasteiger partial charge in [0.05, 0.1) is 10.0 Å². The van der Waals surface area contributed by atoms with Crippen molar-refractivity contribution in [2.24, 2.45) is 5.73 Å². The van der Waals surface area contributed by atoms with E-state index in [2.05, 4.69) is 5.32 Å². The van der Waals surface area contributed by atoms with Gasteiger partial charge in [-0.05, 0) is 12.1 Å². The van der Waals surface area contributed by atoms with Crippen LogP contribution >= 0.6 is 35.6 Å². The number of carbonyl (C=O) groups excluding carboxylic acids is 1. The molecule has 0 spiro atoms. The number of para-hydroxylation sites is 1. The van der Waals surface area contributed by atoms with E-state index >= 15 is 0 Å². The molecule has 0 radical (unpaired) electrons. The van der Waals surface area contributed by atoms with E-state index in [4.69, 9.17) is 33.7 Å². The van der Waals surface area contributed by atoms with Gasteiger partial charge in [0.25, 0.3) is 5.91 Å². The van der Waals surface area contributed by atoms with Crippen molar-refractivity contribution in [3.05, 3.63) is 28.2 Å². The van der Waals surface area contributed by atoms with Gasteiger partial charge in [0, 0.05) is 13.1 Å².